The van der Waals surface area contributed by atoms with Crippen molar-refractivity contribution in [1.82, 2.24) is 5.32 Å². The van der Waals surface area contributed by atoms with Gasteiger partial charge in [-0.05, 0) is 29.2 Å². The third-order valence-corrected chi connectivity index (χ3v) is 4.22. The third kappa shape index (κ3) is 5.33. The van der Waals surface area contributed by atoms with Crippen molar-refractivity contribution < 1.29 is 8.42 Å². The van der Waals surface area contributed by atoms with Crippen LogP contribution in [0, 0.1) is 6.92 Å². The van der Waals surface area contributed by atoms with Crippen LogP contribution >= 0.6 is 0 Å². The van der Waals surface area contributed by atoms with Gasteiger partial charge in [0.1, 0.15) is 0 Å². The van der Waals surface area contributed by atoms with Crippen LogP contribution in [-0.2, 0) is 28.7 Å². The maximum absolute atomic E-state index is 11.2. The zero-order valence-electron chi connectivity index (χ0n) is 12.5. The van der Waals surface area contributed by atoms with Gasteiger partial charge in [-0.3, -0.25) is 0 Å². The summed E-state index contributed by atoms with van der Waals surface area (Å²) in [6.45, 7) is 3.71. The minimum absolute atomic E-state index is 0.101. The van der Waals surface area contributed by atoms with Gasteiger partial charge >= 0.3 is 0 Å². The zero-order valence-corrected chi connectivity index (χ0v) is 13.3. The second kappa shape index (κ2) is 6.87. The third-order valence-electron chi connectivity index (χ3n) is 3.36. The molecular formula is C17H21NO2S. The van der Waals surface area contributed by atoms with Crippen molar-refractivity contribution in [3.63, 3.8) is 0 Å². The summed E-state index contributed by atoms with van der Waals surface area (Å²) >= 11 is 0. The molecule has 2 aromatic carbocycles. The van der Waals surface area contributed by atoms with Gasteiger partial charge in [-0.1, -0.05) is 48.5 Å². The fourth-order valence-corrected chi connectivity index (χ4v) is 3.00. The largest absolute Gasteiger partial charge is 0.309 e. The number of hydrogen-bond acceptors (Lipinski definition) is 3. The molecule has 2 aromatic rings. The average molecular weight is 303 g/mol. The molecule has 1 N–H and O–H groups in total. The van der Waals surface area contributed by atoms with E-state index in [0.717, 1.165) is 24.2 Å². The number of benzene rings is 2. The van der Waals surface area contributed by atoms with Crippen LogP contribution in [0.5, 0.6) is 0 Å². The molecular weight excluding hydrogens is 282 g/mol. The van der Waals surface area contributed by atoms with Crippen LogP contribution in [0.4, 0.5) is 0 Å². The van der Waals surface area contributed by atoms with E-state index in [1.807, 2.05) is 36.4 Å². The predicted molar refractivity (Wildman–Crippen MR) is 86.7 cm³/mol. The van der Waals surface area contributed by atoms with Crippen LogP contribution in [0.1, 0.15) is 22.3 Å². The minimum atomic E-state index is -2.96. The lowest BCUT2D eigenvalue weighted by Gasteiger charge is -2.08. The van der Waals surface area contributed by atoms with Crippen LogP contribution in [-0.4, -0.2) is 14.7 Å². The maximum atomic E-state index is 11.2. The van der Waals surface area contributed by atoms with E-state index in [2.05, 4.69) is 24.4 Å². The quantitative estimate of drug-likeness (QED) is 0.892. The molecule has 0 heterocycles. The molecule has 0 amide bonds. The molecule has 3 nitrogen and oxygen atoms in total. The first kappa shape index (κ1) is 15.7. The molecule has 0 aliphatic heterocycles. The summed E-state index contributed by atoms with van der Waals surface area (Å²) in [4.78, 5) is 0. The van der Waals surface area contributed by atoms with E-state index in [-0.39, 0.29) is 5.75 Å². The Morgan fingerprint density at radius 3 is 2.14 bits per heavy atom. The highest BCUT2D eigenvalue weighted by Gasteiger charge is 2.04. The first-order chi connectivity index (χ1) is 9.94. The Bertz CT molecular complexity index is 691. The molecule has 0 fully saturated rings. The van der Waals surface area contributed by atoms with Gasteiger partial charge < -0.3 is 5.32 Å². The van der Waals surface area contributed by atoms with Crippen molar-refractivity contribution in [3.8, 4) is 0 Å². The van der Waals surface area contributed by atoms with E-state index < -0.39 is 9.84 Å². The van der Waals surface area contributed by atoms with Gasteiger partial charge in [0.05, 0.1) is 5.75 Å². The Kier molecular flexibility index (Phi) is 5.15. The lowest BCUT2D eigenvalue weighted by molar-refractivity contribution is 0.601. The number of rotatable bonds is 6. The molecule has 0 saturated carbocycles. The van der Waals surface area contributed by atoms with Gasteiger partial charge in [-0.15, -0.1) is 0 Å². The summed E-state index contributed by atoms with van der Waals surface area (Å²) in [5.74, 6) is 0.101. The number of hydrogen-bond donors (Lipinski definition) is 1. The molecule has 2 rings (SSSR count). The summed E-state index contributed by atoms with van der Waals surface area (Å²) in [7, 11) is -2.96. The fourth-order valence-electron chi connectivity index (χ4n) is 2.21. The molecule has 0 bridgehead atoms. The van der Waals surface area contributed by atoms with Crippen LogP contribution in [0.15, 0.2) is 48.5 Å². The minimum Gasteiger partial charge on any atom is -0.309 e. The molecule has 0 spiro atoms. The highest BCUT2D eigenvalue weighted by molar-refractivity contribution is 7.89. The molecule has 0 aliphatic rings. The molecule has 0 radical (unpaired) electrons. The normalized spacial score (nSPS) is 11.5. The Labute approximate surface area is 126 Å². The maximum Gasteiger partial charge on any atom is 0.151 e. The Balaban J connectivity index is 1.88. The SMILES string of the molecule is Cc1ccccc1CNCc1ccc(CS(C)(=O)=O)cc1. The van der Waals surface area contributed by atoms with Crippen molar-refractivity contribution in [2.75, 3.05) is 6.26 Å². The Morgan fingerprint density at radius 2 is 1.52 bits per heavy atom. The van der Waals surface area contributed by atoms with E-state index in [4.69, 9.17) is 0 Å². The van der Waals surface area contributed by atoms with Gasteiger partial charge in [0.2, 0.25) is 0 Å². The van der Waals surface area contributed by atoms with Crippen molar-refractivity contribution in [1.29, 1.82) is 0 Å². The summed E-state index contributed by atoms with van der Waals surface area (Å²) in [5.41, 5.74) is 4.57. The Morgan fingerprint density at radius 1 is 0.905 bits per heavy atom. The summed E-state index contributed by atoms with van der Waals surface area (Å²) in [5, 5.41) is 3.41. The van der Waals surface area contributed by atoms with Crippen LogP contribution in [0.2, 0.25) is 0 Å². The second-order valence-corrected chi connectivity index (χ2v) is 7.56. The Hall–Kier alpha value is -1.65. The lowest BCUT2D eigenvalue weighted by atomic mass is 10.1. The lowest BCUT2D eigenvalue weighted by Crippen LogP contribution is -2.13. The van der Waals surface area contributed by atoms with E-state index in [9.17, 15) is 8.42 Å². The first-order valence-electron chi connectivity index (χ1n) is 6.95. The topological polar surface area (TPSA) is 46.2 Å². The van der Waals surface area contributed by atoms with Gasteiger partial charge in [-0.25, -0.2) is 8.42 Å². The number of sulfone groups is 1. The van der Waals surface area contributed by atoms with Crippen molar-refractivity contribution >= 4 is 9.84 Å². The van der Waals surface area contributed by atoms with Crippen molar-refractivity contribution in [2.45, 2.75) is 25.8 Å². The molecule has 21 heavy (non-hydrogen) atoms. The number of nitrogens with one attached hydrogen (secondary N) is 1. The van der Waals surface area contributed by atoms with Crippen molar-refractivity contribution in [3.05, 3.63) is 70.8 Å². The van der Waals surface area contributed by atoms with Crippen LogP contribution < -0.4 is 5.32 Å². The molecule has 4 heteroatoms. The molecule has 112 valence electrons. The van der Waals surface area contributed by atoms with Gasteiger partial charge in [-0.2, -0.15) is 0 Å². The van der Waals surface area contributed by atoms with E-state index in [1.165, 1.54) is 17.4 Å². The van der Waals surface area contributed by atoms with Gasteiger partial charge in [0, 0.05) is 19.3 Å². The predicted octanol–water partition coefficient (Wildman–Crippen LogP) is 2.83. The van der Waals surface area contributed by atoms with Crippen LogP contribution in [0.3, 0.4) is 0 Å². The molecule has 0 unspecified atom stereocenters. The van der Waals surface area contributed by atoms with Gasteiger partial charge in [0.25, 0.3) is 0 Å². The molecule has 0 atom stereocenters. The molecule has 0 aliphatic carbocycles. The number of aryl methyl sites for hydroxylation is 1. The summed E-state index contributed by atoms with van der Waals surface area (Å²) in [6, 6.07) is 16.0. The summed E-state index contributed by atoms with van der Waals surface area (Å²) < 4.78 is 22.5. The monoisotopic (exact) mass is 303 g/mol. The van der Waals surface area contributed by atoms with Gasteiger partial charge in [0.15, 0.2) is 9.84 Å². The fraction of sp³-hybridized carbons (Fsp3) is 0.294. The van der Waals surface area contributed by atoms with E-state index in [0.29, 0.717) is 0 Å². The van der Waals surface area contributed by atoms with E-state index in [1.54, 1.807) is 0 Å². The second-order valence-electron chi connectivity index (χ2n) is 5.42. The molecule has 0 saturated heterocycles. The average Bonchev–Trinajstić information content (AvgIpc) is 2.41. The molecule has 0 aromatic heterocycles. The highest BCUT2D eigenvalue weighted by atomic mass is 32.2. The standard InChI is InChI=1S/C17H21NO2S/c1-14-5-3-4-6-17(14)12-18-11-15-7-9-16(10-8-15)13-21(2,19)20/h3-10,18H,11-13H2,1-2H3. The zero-order chi connectivity index (χ0) is 15.3. The first-order valence-corrected chi connectivity index (χ1v) is 9.01. The smallest absolute Gasteiger partial charge is 0.151 e. The van der Waals surface area contributed by atoms with Crippen molar-refractivity contribution in [2.24, 2.45) is 0 Å². The van der Waals surface area contributed by atoms with Crippen LogP contribution in [0.25, 0.3) is 0 Å². The summed E-state index contributed by atoms with van der Waals surface area (Å²) in [6.07, 6.45) is 1.25. The highest BCUT2D eigenvalue weighted by Crippen LogP contribution is 2.09. The van der Waals surface area contributed by atoms with E-state index >= 15 is 0 Å².